The fourth-order valence-electron chi connectivity index (χ4n) is 4.11. The van der Waals surface area contributed by atoms with Crippen molar-refractivity contribution >= 4 is 23.0 Å². The molecule has 6 nitrogen and oxygen atoms in total. The number of hydrogen-bond acceptors (Lipinski definition) is 4. The summed E-state index contributed by atoms with van der Waals surface area (Å²) in [6.07, 6.45) is 5.65. The number of aromatic nitrogens is 3. The maximum absolute atomic E-state index is 12.7. The molecule has 2 aromatic rings. The number of imidazole rings is 1. The van der Waals surface area contributed by atoms with Crippen molar-refractivity contribution in [1.29, 1.82) is 0 Å². The predicted molar refractivity (Wildman–Crippen MR) is 101 cm³/mol. The van der Waals surface area contributed by atoms with Gasteiger partial charge in [0.25, 0.3) is 0 Å². The second-order valence-corrected chi connectivity index (χ2v) is 8.72. The molecule has 0 radical (unpaired) electrons. The van der Waals surface area contributed by atoms with Crippen LogP contribution in [0.15, 0.2) is 12.1 Å². The number of anilines is 1. The number of pyridine rings is 1. The molecule has 1 atom stereocenters. The molecule has 26 heavy (non-hydrogen) atoms. The topological polar surface area (TPSA) is 69.0 Å². The maximum Gasteiger partial charge on any atom is 0.229 e. The molecule has 6 heteroatoms. The molecule has 3 heterocycles. The Bertz CT molecular complexity index is 853. The van der Waals surface area contributed by atoms with Crippen molar-refractivity contribution < 1.29 is 9.53 Å². The number of rotatable bonds is 4. The van der Waals surface area contributed by atoms with Crippen LogP contribution in [0.4, 0.5) is 5.95 Å². The van der Waals surface area contributed by atoms with Gasteiger partial charge < -0.3 is 4.74 Å². The van der Waals surface area contributed by atoms with Gasteiger partial charge in [-0.15, -0.1) is 0 Å². The third-order valence-corrected chi connectivity index (χ3v) is 5.68. The molecule has 1 aliphatic carbocycles. The summed E-state index contributed by atoms with van der Waals surface area (Å²) < 4.78 is 8.25. The fraction of sp³-hybridized carbons (Fsp3) is 0.650. The van der Waals surface area contributed by atoms with E-state index in [1.807, 2.05) is 26.0 Å². The van der Waals surface area contributed by atoms with Gasteiger partial charge >= 0.3 is 0 Å². The second-order valence-electron chi connectivity index (χ2n) is 8.72. The van der Waals surface area contributed by atoms with E-state index in [9.17, 15) is 4.79 Å². The van der Waals surface area contributed by atoms with Crippen molar-refractivity contribution in [3.05, 3.63) is 17.8 Å². The smallest absolute Gasteiger partial charge is 0.229 e. The molecule has 1 saturated heterocycles. The quantitative estimate of drug-likeness (QED) is 0.894. The summed E-state index contributed by atoms with van der Waals surface area (Å²) in [4.78, 5) is 22.1. The lowest BCUT2D eigenvalue weighted by Crippen LogP contribution is -2.34. The molecule has 1 aliphatic heterocycles. The number of carbonyl (C=O) groups is 1. The predicted octanol–water partition coefficient (Wildman–Crippen LogP) is 4.14. The second kappa shape index (κ2) is 6.05. The summed E-state index contributed by atoms with van der Waals surface area (Å²) in [5.41, 5.74) is 2.10. The van der Waals surface area contributed by atoms with E-state index in [2.05, 4.69) is 33.7 Å². The van der Waals surface area contributed by atoms with E-state index in [0.29, 0.717) is 18.4 Å². The zero-order chi connectivity index (χ0) is 18.5. The number of amides is 1. The molecule has 0 spiro atoms. The molecular weight excluding hydrogens is 328 g/mol. The number of carbonyl (C=O) groups excluding carboxylic acids is 1. The van der Waals surface area contributed by atoms with Crippen LogP contribution in [-0.2, 0) is 9.53 Å². The van der Waals surface area contributed by atoms with Crippen molar-refractivity contribution in [3.8, 4) is 0 Å². The lowest BCUT2D eigenvalue weighted by molar-refractivity contribution is -0.126. The minimum absolute atomic E-state index is 0.0437. The molecule has 2 aromatic heterocycles. The number of hydrogen-bond donors (Lipinski definition) is 1. The summed E-state index contributed by atoms with van der Waals surface area (Å²) in [7, 11) is 0. The lowest BCUT2D eigenvalue weighted by atomic mass is 9.93. The number of fused-ring (bicyclic) bond motifs is 1. The van der Waals surface area contributed by atoms with Gasteiger partial charge in [0.05, 0.1) is 17.6 Å². The van der Waals surface area contributed by atoms with E-state index in [0.717, 1.165) is 42.5 Å². The molecule has 1 N–H and O–H groups in total. The van der Waals surface area contributed by atoms with Crippen LogP contribution in [0.1, 0.15) is 71.0 Å². The average Bonchev–Trinajstić information content (AvgIpc) is 2.95. The van der Waals surface area contributed by atoms with Crippen LogP contribution in [0, 0.1) is 6.92 Å². The van der Waals surface area contributed by atoms with Gasteiger partial charge in [0, 0.05) is 11.7 Å². The Morgan fingerprint density at radius 1 is 1.27 bits per heavy atom. The molecular formula is C20H28N4O2. The van der Waals surface area contributed by atoms with Gasteiger partial charge in [0.15, 0.2) is 5.65 Å². The van der Waals surface area contributed by atoms with Gasteiger partial charge in [0.1, 0.15) is 5.52 Å². The number of aryl methyl sites for hydroxylation is 1. The Morgan fingerprint density at radius 2 is 2.04 bits per heavy atom. The van der Waals surface area contributed by atoms with Gasteiger partial charge in [0.2, 0.25) is 11.9 Å². The lowest BCUT2D eigenvalue weighted by Gasteiger charge is -2.29. The van der Waals surface area contributed by atoms with E-state index in [1.165, 1.54) is 6.42 Å². The summed E-state index contributed by atoms with van der Waals surface area (Å²) >= 11 is 0. The number of nitrogens with zero attached hydrogens (tertiary/aromatic N) is 3. The summed E-state index contributed by atoms with van der Waals surface area (Å²) in [5.74, 6) is 0.575. The van der Waals surface area contributed by atoms with Gasteiger partial charge in [-0.1, -0.05) is 0 Å². The van der Waals surface area contributed by atoms with Crippen molar-refractivity contribution in [1.82, 2.24) is 14.5 Å². The van der Waals surface area contributed by atoms with Crippen molar-refractivity contribution in [2.45, 2.75) is 83.5 Å². The highest BCUT2D eigenvalue weighted by atomic mass is 16.5. The van der Waals surface area contributed by atoms with Crippen molar-refractivity contribution in [2.24, 2.45) is 0 Å². The summed E-state index contributed by atoms with van der Waals surface area (Å²) in [5, 5.41) is 3.04. The van der Waals surface area contributed by atoms with Gasteiger partial charge in [-0.3, -0.25) is 14.7 Å². The molecule has 2 aliphatic rings. The molecule has 140 valence electrons. The molecule has 4 rings (SSSR count). The van der Waals surface area contributed by atoms with Crippen LogP contribution in [0.2, 0.25) is 0 Å². The first kappa shape index (κ1) is 17.5. The maximum atomic E-state index is 12.7. The highest BCUT2D eigenvalue weighted by Gasteiger charge is 2.42. The molecule has 0 bridgehead atoms. The zero-order valence-electron chi connectivity index (χ0n) is 16.1. The van der Waals surface area contributed by atoms with E-state index in [4.69, 9.17) is 4.74 Å². The minimum atomic E-state index is -0.407. The first-order valence-electron chi connectivity index (χ1n) is 9.60. The summed E-state index contributed by atoms with van der Waals surface area (Å²) in [6, 6.07) is 4.32. The Labute approximate surface area is 154 Å². The minimum Gasteiger partial charge on any atom is -0.369 e. The third kappa shape index (κ3) is 3.22. The highest BCUT2D eigenvalue weighted by Crippen LogP contribution is 2.40. The summed E-state index contributed by atoms with van der Waals surface area (Å²) in [6.45, 7) is 8.18. The van der Waals surface area contributed by atoms with E-state index >= 15 is 0 Å². The Hall–Kier alpha value is -1.95. The third-order valence-electron chi connectivity index (χ3n) is 5.68. The van der Waals surface area contributed by atoms with Crippen LogP contribution < -0.4 is 5.32 Å². The standard InChI is InChI=1S/C20H28N4O2/c1-13-8-9-15-17(21-13)24(14-6-5-7-14)18(22-15)23-16(25)12-20(4)11-10-19(2,3)26-20/h8-9,14H,5-7,10-12H2,1-4H3,(H,22,23,25). The van der Waals surface area contributed by atoms with Gasteiger partial charge in [-0.25, -0.2) is 9.97 Å². The van der Waals surface area contributed by atoms with Gasteiger partial charge in [-0.2, -0.15) is 0 Å². The Kier molecular flexibility index (Phi) is 4.06. The normalized spacial score (nSPS) is 25.4. The Balaban J connectivity index is 1.58. The van der Waals surface area contributed by atoms with Crippen molar-refractivity contribution in [3.63, 3.8) is 0 Å². The van der Waals surface area contributed by atoms with E-state index in [1.54, 1.807) is 0 Å². The molecule has 1 saturated carbocycles. The monoisotopic (exact) mass is 356 g/mol. The van der Waals surface area contributed by atoms with Crippen LogP contribution in [-0.4, -0.2) is 31.6 Å². The van der Waals surface area contributed by atoms with Crippen molar-refractivity contribution in [2.75, 3.05) is 5.32 Å². The van der Waals surface area contributed by atoms with Gasteiger partial charge in [-0.05, 0) is 71.9 Å². The molecule has 2 fully saturated rings. The van der Waals surface area contributed by atoms with Crippen LogP contribution in [0.5, 0.6) is 0 Å². The first-order chi connectivity index (χ1) is 12.2. The highest BCUT2D eigenvalue weighted by molar-refractivity contribution is 5.91. The average molecular weight is 356 g/mol. The first-order valence-corrected chi connectivity index (χ1v) is 9.60. The van der Waals surface area contributed by atoms with Crippen LogP contribution in [0.3, 0.4) is 0 Å². The SMILES string of the molecule is Cc1ccc2nc(NC(=O)CC3(C)CCC(C)(C)O3)n(C3CCC3)c2n1. The Morgan fingerprint density at radius 3 is 2.65 bits per heavy atom. The fourth-order valence-corrected chi connectivity index (χ4v) is 4.11. The van der Waals surface area contributed by atoms with E-state index in [-0.39, 0.29) is 11.5 Å². The van der Waals surface area contributed by atoms with E-state index < -0.39 is 5.60 Å². The molecule has 1 amide bonds. The molecule has 1 unspecified atom stereocenters. The van der Waals surface area contributed by atoms with Crippen LogP contribution >= 0.6 is 0 Å². The number of ether oxygens (including phenoxy) is 1. The van der Waals surface area contributed by atoms with Crippen LogP contribution in [0.25, 0.3) is 11.2 Å². The number of nitrogens with one attached hydrogen (secondary N) is 1. The zero-order valence-corrected chi connectivity index (χ0v) is 16.1. The molecule has 0 aromatic carbocycles. The largest absolute Gasteiger partial charge is 0.369 e.